The van der Waals surface area contributed by atoms with Gasteiger partial charge in [-0.15, -0.1) is 0 Å². The molecular formula is C11H11NO3. The lowest BCUT2D eigenvalue weighted by molar-refractivity contribution is -0.148. The van der Waals surface area contributed by atoms with E-state index in [0.717, 1.165) is 0 Å². The molecule has 0 fully saturated rings. The summed E-state index contributed by atoms with van der Waals surface area (Å²) in [6.07, 6.45) is -0.149. The van der Waals surface area contributed by atoms with Gasteiger partial charge in [0.2, 0.25) is 5.78 Å². The van der Waals surface area contributed by atoms with Gasteiger partial charge in [0.15, 0.2) is 0 Å². The van der Waals surface area contributed by atoms with Gasteiger partial charge in [-0.2, -0.15) is 0 Å². The molecule has 0 atom stereocenters. The standard InChI is InChI=1S/C11H11NO3/c1-8(7-10(13)11(14)15)12-9-5-3-2-4-6-9/h2-6H,7H2,1H3,(H,14,15). The second-order valence-electron chi connectivity index (χ2n) is 3.09. The highest BCUT2D eigenvalue weighted by Gasteiger charge is 2.12. The Balaban J connectivity index is 2.69. The molecular weight excluding hydrogens is 194 g/mol. The molecule has 0 saturated heterocycles. The number of aliphatic imine (C=N–C) groups is 1. The van der Waals surface area contributed by atoms with Crippen molar-refractivity contribution in [1.82, 2.24) is 0 Å². The third-order valence-electron chi connectivity index (χ3n) is 1.73. The van der Waals surface area contributed by atoms with Crippen LogP contribution in [-0.2, 0) is 9.59 Å². The predicted octanol–water partition coefficient (Wildman–Crippen LogP) is 1.82. The number of nitrogens with zero attached hydrogens (tertiary/aromatic N) is 1. The molecule has 78 valence electrons. The molecule has 4 heteroatoms. The highest BCUT2D eigenvalue weighted by Crippen LogP contribution is 2.10. The Bertz CT molecular complexity index is 396. The zero-order chi connectivity index (χ0) is 11.3. The molecule has 0 saturated carbocycles. The van der Waals surface area contributed by atoms with Gasteiger partial charge in [0, 0.05) is 5.71 Å². The van der Waals surface area contributed by atoms with Crippen molar-refractivity contribution >= 4 is 23.2 Å². The van der Waals surface area contributed by atoms with Gasteiger partial charge in [-0.05, 0) is 19.1 Å². The molecule has 15 heavy (non-hydrogen) atoms. The summed E-state index contributed by atoms with van der Waals surface area (Å²) in [7, 11) is 0. The molecule has 1 rings (SSSR count). The molecule has 0 unspecified atom stereocenters. The van der Waals surface area contributed by atoms with Gasteiger partial charge in [-0.25, -0.2) is 4.79 Å². The average molecular weight is 205 g/mol. The van der Waals surface area contributed by atoms with Crippen molar-refractivity contribution in [2.24, 2.45) is 4.99 Å². The van der Waals surface area contributed by atoms with Crippen LogP contribution in [0.3, 0.4) is 0 Å². The number of ketones is 1. The SMILES string of the molecule is CC(CC(=O)C(=O)O)=Nc1ccccc1. The minimum atomic E-state index is -1.42. The Morgan fingerprint density at radius 1 is 1.27 bits per heavy atom. The Kier molecular flexibility index (Phi) is 3.74. The van der Waals surface area contributed by atoms with Crippen molar-refractivity contribution in [3.05, 3.63) is 30.3 Å². The van der Waals surface area contributed by atoms with Crippen molar-refractivity contribution < 1.29 is 14.7 Å². The second kappa shape index (κ2) is 5.05. The van der Waals surface area contributed by atoms with Crippen LogP contribution in [0.4, 0.5) is 5.69 Å². The summed E-state index contributed by atoms with van der Waals surface area (Å²) < 4.78 is 0. The number of rotatable bonds is 4. The number of hydrogen-bond acceptors (Lipinski definition) is 3. The first kappa shape index (κ1) is 11.1. The summed E-state index contributed by atoms with van der Waals surface area (Å²) in [6, 6.07) is 9.08. The monoisotopic (exact) mass is 205 g/mol. The molecule has 0 aliphatic carbocycles. The Morgan fingerprint density at radius 3 is 2.40 bits per heavy atom. The first-order valence-electron chi connectivity index (χ1n) is 4.45. The predicted molar refractivity (Wildman–Crippen MR) is 56.5 cm³/mol. The van der Waals surface area contributed by atoms with Gasteiger partial charge >= 0.3 is 5.97 Å². The highest BCUT2D eigenvalue weighted by molar-refractivity contribution is 6.36. The number of benzene rings is 1. The normalized spacial score (nSPS) is 11.1. The number of hydrogen-bond donors (Lipinski definition) is 1. The largest absolute Gasteiger partial charge is 0.475 e. The molecule has 1 N–H and O–H groups in total. The summed E-state index contributed by atoms with van der Waals surface area (Å²) in [5, 5.41) is 8.39. The maximum atomic E-state index is 10.9. The van der Waals surface area contributed by atoms with Gasteiger partial charge in [0.05, 0.1) is 12.1 Å². The van der Waals surface area contributed by atoms with Crippen LogP contribution >= 0.6 is 0 Å². The number of carboxylic acid groups (broad SMARTS) is 1. The molecule has 0 bridgehead atoms. The van der Waals surface area contributed by atoms with Gasteiger partial charge in [0.25, 0.3) is 0 Å². The average Bonchev–Trinajstić information content (AvgIpc) is 2.18. The lowest BCUT2D eigenvalue weighted by atomic mass is 10.2. The van der Waals surface area contributed by atoms with Crippen molar-refractivity contribution in [1.29, 1.82) is 0 Å². The summed E-state index contributed by atoms with van der Waals surface area (Å²) in [5.41, 5.74) is 1.21. The molecule has 0 radical (unpaired) electrons. The van der Waals surface area contributed by atoms with Crippen LogP contribution in [-0.4, -0.2) is 22.6 Å². The van der Waals surface area contributed by atoms with Gasteiger partial charge in [-0.3, -0.25) is 9.79 Å². The van der Waals surface area contributed by atoms with Crippen LogP contribution in [0.2, 0.25) is 0 Å². The topological polar surface area (TPSA) is 66.7 Å². The van der Waals surface area contributed by atoms with Crippen molar-refractivity contribution in [2.45, 2.75) is 13.3 Å². The van der Waals surface area contributed by atoms with E-state index < -0.39 is 11.8 Å². The minimum absolute atomic E-state index is 0.149. The fourth-order valence-corrected chi connectivity index (χ4v) is 1.07. The van der Waals surface area contributed by atoms with E-state index in [1.54, 1.807) is 19.1 Å². The Hall–Kier alpha value is -1.97. The maximum absolute atomic E-state index is 10.9. The van der Waals surface area contributed by atoms with Crippen molar-refractivity contribution in [3.8, 4) is 0 Å². The molecule has 1 aromatic carbocycles. The molecule has 0 amide bonds. The van der Waals surface area contributed by atoms with Crippen LogP contribution in [0.15, 0.2) is 35.3 Å². The van der Waals surface area contributed by atoms with E-state index in [-0.39, 0.29) is 6.42 Å². The minimum Gasteiger partial charge on any atom is -0.475 e. The Morgan fingerprint density at radius 2 is 1.87 bits per heavy atom. The lowest BCUT2D eigenvalue weighted by Crippen LogP contribution is -2.15. The number of carbonyl (C=O) groups is 2. The van der Waals surface area contributed by atoms with Crippen LogP contribution in [0, 0.1) is 0 Å². The summed E-state index contributed by atoms with van der Waals surface area (Å²) in [4.78, 5) is 25.3. The molecule has 1 aromatic rings. The molecule has 0 heterocycles. The second-order valence-corrected chi connectivity index (χ2v) is 3.09. The molecule has 0 spiro atoms. The van der Waals surface area contributed by atoms with Crippen LogP contribution in [0.1, 0.15) is 13.3 Å². The number of para-hydroxylation sites is 1. The third-order valence-corrected chi connectivity index (χ3v) is 1.73. The third kappa shape index (κ3) is 3.72. The van der Waals surface area contributed by atoms with Crippen LogP contribution in [0.25, 0.3) is 0 Å². The Labute approximate surface area is 87.3 Å². The fraction of sp³-hybridized carbons (Fsp3) is 0.182. The molecule has 0 aromatic heterocycles. The number of aliphatic carboxylic acids is 1. The number of carbonyl (C=O) groups excluding carboxylic acids is 1. The van der Waals surface area contributed by atoms with Crippen molar-refractivity contribution in [3.63, 3.8) is 0 Å². The quantitative estimate of drug-likeness (QED) is 0.602. The van der Waals surface area contributed by atoms with E-state index in [4.69, 9.17) is 5.11 Å². The summed E-state index contributed by atoms with van der Waals surface area (Å²) in [5.74, 6) is -2.26. The highest BCUT2D eigenvalue weighted by atomic mass is 16.4. The zero-order valence-corrected chi connectivity index (χ0v) is 8.30. The van der Waals surface area contributed by atoms with E-state index in [9.17, 15) is 9.59 Å². The first-order valence-corrected chi connectivity index (χ1v) is 4.45. The van der Waals surface area contributed by atoms with Gasteiger partial charge in [-0.1, -0.05) is 18.2 Å². The molecule has 4 nitrogen and oxygen atoms in total. The van der Waals surface area contributed by atoms with Crippen LogP contribution < -0.4 is 0 Å². The smallest absolute Gasteiger partial charge is 0.372 e. The van der Waals surface area contributed by atoms with Gasteiger partial charge in [0.1, 0.15) is 0 Å². The maximum Gasteiger partial charge on any atom is 0.372 e. The zero-order valence-electron chi connectivity index (χ0n) is 8.30. The van der Waals surface area contributed by atoms with Crippen molar-refractivity contribution in [2.75, 3.05) is 0 Å². The van der Waals surface area contributed by atoms with E-state index in [1.165, 1.54) is 0 Å². The van der Waals surface area contributed by atoms with E-state index >= 15 is 0 Å². The number of carboxylic acids is 1. The van der Waals surface area contributed by atoms with Gasteiger partial charge < -0.3 is 5.11 Å². The fourth-order valence-electron chi connectivity index (χ4n) is 1.07. The summed E-state index contributed by atoms with van der Waals surface area (Å²) in [6.45, 7) is 1.63. The van der Waals surface area contributed by atoms with E-state index in [1.807, 2.05) is 18.2 Å². The first-order chi connectivity index (χ1) is 7.09. The molecule has 0 aliphatic heterocycles. The van der Waals surface area contributed by atoms with E-state index in [2.05, 4.69) is 4.99 Å². The molecule has 0 aliphatic rings. The number of Topliss-reactive ketones (excluding diaryl/α,β-unsaturated/α-hetero) is 1. The summed E-state index contributed by atoms with van der Waals surface area (Å²) >= 11 is 0. The lowest BCUT2D eigenvalue weighted by Gasteiger charge is -1.97. The van der Waals surface area contributed by atoms with Crippen LogP contribution in [0.5, 0.6) is 0 Å². The van der Waals surface area contributed by atoms with E-state index in [0.29, 0.717) is 11.4 Å².